The Morgan fingerprint density at radius 3 is 2.52 bits per heavy atom. The number of amides is 1. The van der Waals surface area contributed by atoms with Gasteiger partial charge in [0.1, 0.15) is 11.6 Å². The third kappa shape index (κ3) is 4.75. The van der Waals surface area contributed by atoms with Gasteiger partial charge in [-0.25, -0.2) is 9.59 Å². The molecule has 0 saturated carbocycles. The van der Waals surface area contributed by atoms with E-state index in [0.717, 1.165) is 23.0 Å². The molecular formula is C19H26N2O4. The number of benzene rings is 1. The summed E-state index contributed by atoms with van der Waals surface area (Å²) in [5, 5.41) is 3.68. The van der Waals surface area contributed by atoms with Crippen molar-refractivity contribution in [1.29, 1.82) is 0 Å². The minimum atomic E-state index is -0.809. The molecule has 1 N–H and O–H groups in total. The van der Waals surface area contributed by atoms with E-state index in [0.29, 0.717) is 6.42 Å². The standard InChI is InChI=1S/C19H26N2O4/c1-6-21-12-13(14-9-7-8-10-16(14)21)11-15(17(22)24-5)20-18(23)25-19(2,3)4/h7-10,12,15H,6,11H2,1-5H3,(H,20,23)/t15-/m1/s1. The third-order valence-corrected chi connectivity index (χ3v) is 3.81. The molecule has 1 aromatic carbocycles. The van der Waals surface area contributed by atoms with Crippen LogP contribution in [0.15, 0.2) is 30.5 Å². The first-order valence-corrected chi connectivity index (χ1v) is 8.39. The summed E-state index contributed by atoms with van der Waals surface area (Å²) in [7, 11) is 1.31. The Bertz CT molecular complexity index is 758. The van der Waals surface area contributed by atoms with Crippen molar-refractivity contribution < 1.29 is 19.1 Å². The summed E-state index contributed by atoms with van der Waals surface area (Å²) >= 11 is 0. The highest BCUT2D eigenvalue weighted by Crippen LogP contribution is 2.23. The number of ether oxygens (including phenoxy) is 2. The van der Waals surface area contributed by atoms with Gasteiger partial charge in [0.15, 0.2) is 0 Å². The fourth-order valence-electron chi connectivity index (χ4n) is 2.75. The van der Waals surface area contributed by atoms with Crippen molar-refractivity contribution in [3.05, 3.63) is 36.0 Å². The van der Waals surface area contributed by atoms with Gasteiger partial charge < -0.3 is 19.4 Å². The van der Waals surface area contributed by atoms with Crippen LogP contribution >= 0.6 is 0 Å². The number of alkyl carbamates (subject to hydrolysis) is 1. The quantitative estimate of drug-likeness (QED) is 0.844. The molecule has 0 unspecified atom stereocenters. The highest BCUT2D eigenvalue weighted by molar-refractivity contribution is 5.86. The maximum absolute atomic E-state index is 12.1. The molecule has 1 atom stereocenters. The van der Waals surface area contributed by atoms with Crippen molar-refractivity contribution in [2.24, 2.45) is 0 Å². The molecule has 1 heterocycles. The van der Waals surface area contributed by atoms with Crippen LogP contribution in [0.2, 0.25) is 0 Å². The lowest BCUT2D eigenvalue weighted by molar-refractivity contribution is -0.143. The van der Waals surface area contributed by atoms with Crippen molar-refractivity contribution in [1.82, 2.24) is 9.88 Å². The fraction of sp³-hybridized carbons (Fsp3) is 0.474. The van der Waals surface area contributed by atoms with E-state index in [1.807, 2.05) is 30.5 Å². The molecule has 1 amide bonds. The first-order chi connectivity index (χ1) is 11.7. The van der Waals surface area contributed by atoms with Crippen LogP contribution in [0.5, 0.6) is 0 Å². The van der Waals surface area contributed by atoms with E-state index in [4.69, 9.17) is 9.47 Å². The van der Waals surface area contributed by atoms with E-state index in [9.17, 15) is 9.59 Å². The molecule has 2 rings (SSSR count). The van der Waals surface area contributed by atoms with Gasteiger partial charge in [-0.1, -0.05) is 18.2 Å². The zero-order valence-electron chi connectivity index (χ0n) is 15.5. The number of nitrogens with one attached hydrogen (secondary N) is 1. The summed E-state index contributed by atoms with van der Waals surface area (Å²) in [5.41, 5.74) is 1.44. The maximum Gasteiger partial charge on any atom is 0.408 e. The molecular weight excluding hydrogens is 320 g/mol. The number of carbonyl (C=O) groups is 2. The highest BCUT2D eigenvalue weighted by atomic mass is 16.6. The Morgan fingerprint density at radius 1 is 1.24 bits per heavy atom. The summed E-state index contributed by atoms with van der Waals surface area (Å²) in [4.78, 5) is 24.2. The number of para-hydroxylation sites is 1. The number of aromatic nitrogens is 1. The van der Waals surface area contributed by atoms with Gasteiger partial charge in [0, 0.05) is 30.1 Å². The fourth-order valence-corrected chi connectivity index (χ4v) is 2.75. The van der Waals surface area contributed by atoms with Gasteiger partial charge in [-0.3, -0.25) is 0 Å². The molecule has 6 heteroatoms. The molecule has 25 heavy (non-hydrogen) atoms. The van der Waals surface area contributed by atoms with Crippen LogP contribution in [-0.2, 0) is 27.2 Å². The summed E-state index contributed by atoms with van der Waals surface area (Å²) in [6.07, 6.45) is 1.71. The lowest BCUT2D eigenvalue weighted by atomic mass is 10.1. The number of fused-ring (bicyclic) bond motifs is 1. The zero-order chi connectivity index (χ0) is 18.6. The summed E-state index contributed by atoms with van der Waals surface area (Å²) in [6.45, 7) is 8.20. The van der Waals surface area contributed by atoms with Crippen molar-refractivity contribution >= 4 is 23.0 Å². The van der Waals surface area contributed by atoms with Gasteiger partial charge in [0.25, 0.3) is 0 Å². The van der Waals surface area contributed by atoms with Crippen LogP contribution in [0, 0.1) is 0 Å². The minimum Gasteiger partial charge on any atom is -0.467 e. The predicted molar refractivity (Wildman–Crippen MR) is 96.5 cm³/mol. The number of hydrogen-bond donors (Lipinski definition) is 1. The second-order valence-corrected chi connectivity index (χ2v) is 6.88. The van der Waals surface area contributed by atoms with Crippen molar-refractivity contribution in [2.75, 3.05) is 7.11 Å². The molecule has 0 fully saturated rings. The van der Waals surface area contributed by atoms with Crippen molar-refractivity contribution in [3.8, 4) is 0 Å². The molecule has 6 nitrogen and oxygen atoms in total. The largest absolute Gasteiger partial charge is 0.467 e. The number of aryl methyl sites for hydroxylation is 1. The van der Waals surface area contributed by atoms with Crippen molar-refractivity contribution in [2.45, 2.75) is 52.3 Å². The van der Waals surface area contributed by atoms with Gasteiger partial charge in [0.2, 0.25) is 0 Å². The normalized spacial score (nSPS) is 12.7. The van der Waals surface area contributed by atoms with Crippen molar-refractivity contribution in [3.63, 3.8) is 0 Å². The topological polar surface area (TPSA) is 69.6 Å². The van der Waals surface area contributed by atoms with Crippen LogP contribution in [0.1, 0.15) is 33.3 Å². The average molecular weight is 346 g/mol. The van der Waals surface area contributed by atoms with Crippen LogP contribution in [-0.4, -0.2) is 35.4 Å². The first-order valence-electron chi connectivity index (χ1n) is 8.39. The third-order valence-electron chi connectivity index (χ3n) is 3.81. The monoisotopic (exact) mass is 346 g/mol. The smallest absolute Gasteiger partial charge is 0.408 e. The molecule has 0 radical (unpaired) electrons. The van der Waals surface area contributed by atoms with E-state index in [-0.39, 0.29) is 0 Å². The average Bonchev–Trinajstić information content (AvgIpc) is 2.90. The Hall–Kier alpha value is -2.50. The molecule has 2 aromatic rings. The number of rotatable bonds is 5. The van der Waals surface area contributed by atoms with Gasteiger partial charge in [-0.2, -0.15) is 0 Å². The molecule has 0 aliphatic heterocycles. The SMILES string of the molecule is CCn1cc(C[C@@H](NC(=O)OC(C)(C)C)C(=O)OC)c2ccccc21. The van der Waals surface area contributed by atoms with Gasteiger partial charge in [-0.05, 0) is 39.3 Å². The number of carbonyl (C=O) groups excluding carboxylic acids is 2. The Morgan fingerprint density at radius 2 is 1.92 bits per heavy atom. The van der Waals surface area contributed by atoms with E-state index in [2.05, 4.69) is 16.8 Å². The lowest BCUT2D eigenvalue weighted by Crippen LogP contribution is -2.45. The van der Waals surface area contributed by atoms with Gasteiger partial charge in [-0.15, -0.1) is 0 Å². The number of methoxy groups -OCH3 is 1. The summed E-state index contributed by atoms with van der Waals surface area (Å²) in [5.74, 6) is -0.501. The Kier molecular flexibility index (Phi) is 5.72. The van der Waals surface area contributed by atoms with Crippen LogP contribution in [0.4, 0.5) is 4.79 Å². The van der Waals surface area contributed by atoms with Crippen LogP contribution in [0.3, 0.4) is 0 Å². The van der Waals surface area contributed by atoms with E-state index < -0.39 is 23.7 Å². The summed E-state index contributed by atoms with van der Waals surface area (Å²) in [6, 6.07) is 7.18. The van der Waals surface area contributed by atoms with Crippen LogP contribution < -0.4 is 5.32 Å². The predicted octanol–water partition coefficient (Wildman–Crippen LogP) is 3.27. The molecule has 1 aromatic heterocycles. The molecule has 0 saturated heterocycles. The molecule has 136 valence electrons. The number of hydrogen-bond acceptors (Lipinski definition) is 4. The van der Waals surface area contributed by atoms with Crippen LogP contribution in [0.25, 0.3) is 10.9 Å². The second kappa shape index (κ2) is 7.59. The Balaban J connectivity index is 2.26. The lowest BCUT2D eigenvalue weighted by Gasteiger charge is -2.22. The maximum atomic E-state index is 12.1. The Labute approximate surface area is 148 Å². The molecule has 0 aliphatic rings. The van der Waals surface area contributed by atoms with E-state index in [1.54, 1.807) is 20.8 Å². The number of nitrogens with zero attached hydrogens (tertiary/aromatic N) is 1. The first kappa shape index (κ1) is 18.8. The minimum absolute atomic E-state index is 0.333. The molecule has 0 bridgehead atoms. The summed E-state index contributed by atoms with van der Waals surface area (Å²) < 4.78 is 12.2. The van der Waals surface area contributed by atoms with Gasteiger partial charge in [0.05, 0.1) is 7.11 Å². The van der Waals surface area contributed by atoms with E-state index in [1.165, 1.54) is 7.11 Å². The zero-order valence-corrected chi connectivity index (χ0v) is 15.5. The van der Waals surface area contributed by atoms with Gasteiger partial charge >= 0.3 is 12.1 Å². The van der Waals surface area contributed by atoms with E-state index >= 15 is 0 Å². The second-order valence-electron chi connectivity index (χ2n) is 6.88. The number of esters is 1. The molecule has 0 aliphatic carbocycles. The molecule has 0 spiro atoms. The highest BCUT2D eigenvalue weighted by Gasteiger charge is 2.26.